The van der Waals surface area contributed by atoms with Crippen LogP contribution in [0.15, 0.2) is 41.5 Å². The third kappa shape index (κ3) is 3.18. The number of hydrogen-bond acceptors (Lipinski definition) is 6. The minimum absolute atomic E-state index is 0.0339. The number of nitro benzene ring substituents is 1. The van der Waals surface area contributed by atoms with Gasteiger partial charge in [0, 0.05) is 48.7 Å². The van der Waals surface area contributed by atoms with E-state index in [1.807, 2.05) is 13.8 Å². The Balaban J connectivity index is 2.09. The van der Waals surface area contributed by atoms with Gasteiger partial charge in [0.2, 0.25) is 0 Å². The van der Waals surface area contributed by atoms with E-state index in [0.29, 0.717) is 22.4 Å². The predicted octanol–water partition coefficient (Wildman–Crippen LogP) is 2.72. The molecule has 1 unspecified atom stereocenters. The summed E-state index contributed by atoms with van der Waals surface area (Å²) < 4.78 is 1.46. The Morgan fingerprint density at radius 1 is 1.24 bits per heavy atom. The number of benzene rings is 1. The number of nitrogens with zero attached hydrogens (tertiary/aromatic N) is 4. The summed E-state index contributed by atoms with van der Waals surface area (Å²) >= 11 is 0. The molecule has 0 amide bonds. The largest absolute Gasteiger partial charge is 0.375 e. The van der Waals surface area contributed by atoms with Crippen molar-refractivity contribution in [1.82, 2.24) is 14.5 Å². The second-order valence-electron chi connectivity index (χ2n) is 5.90. The van der Waals surface area contributed by atoms with Crippen LogP contribution in [-0.4, -0.2) is 19.5 Å². The topological polar surface area (TPSA) is 103 Å². The van der Waals surface area contributed by atoms with E-state index in [1.54, 1.807) is 25.5 Å². The Bertz CT molecular complexity index is 1010. The average Bonchev–Trinajstić information content (AvgIpc) is 2.59. The number of aryl methyl sites for hydroxylation is 2. The van der Waals surface area contributed by atoms with Gasteiger partial charge in [-0.3, -0.25) is 14.9 Å². The van der Waals surface area contributed by atoms with Crippen molar-refractivity contribution in [3.63, 3.8) is 0 Å². The Morgan fingerprint density at radius 3 is 2.56 bits per heavy atom. The van der Waals surface area contributed by atoms with Gasteiger partial charge in [0.25, 0.3) is 11.2 Å². The van der Waals surface area contributed by atoms with Crippen LogP contribution in [0.1, 0.15) is 24.4 Å². The highest BCUT2D eigenvalue weighted by Gasteiger charge is 2.15. The van der Waals surface area contributed by atoms with Crippen LogP contribution in [0.3, 0.4) is 0 Å². The maximum atomic E-state index is 12.2. The van der Waals surface area contributed by atoms with Crippen LogP contribution in [0.2, 0.25) is 0 Å². The van der Waals surface area contributed by atoms with Crippen LogP contribution in [0.5, 0.6) is 0 Å². The molecule has 0 bridgehead atoms. The van der Waals surface area contributed by atoms with Gasteiger partial charge in [-0.25, -0.2) is 9.97 Å². The van der Waals surface area contributed by atoms with Crippen molar-refractivity contribution < 1.29 is 4.92 Å². The zero-order valence-electron chi connectivity index (χ0n) is 14.1. The third-order valence-corrected chi connectivity index (χ3v) is 4.00. The van der Waals surface area contributed by atoms with Crippen molar-refractivity contribution in [2.75, 3.05) is 5.32 Å². The predicted molar refractivity (Wildman–Crippen MR) is 94.7 cm³/mol. The summed E-state index contributed by atoms with van der Waals surface area (Å²) in [5.41, 5.74) is 1.83. The van der Waals surface area contributed by atoms with Crippen LogP contribution < -0.4 is 10.9 Å². The van der Waals surface area contributed by atoms with Gasteiger partial charge >= 0.3 is 0 Å². The molecule has 8 nitrogen and oxygen atoms in total. The molecule has 3 rings (SSSR count). The van der Waals surface area contributed by atoms with Crippen LogP contribution in [0, 0.1) is 17.0 Å². The van der Waals surface area contributed by atoms with Crippen molar-refractivity contribution in [1.29, 1.82) is 0 Å². The quantitative estimate of drug-likeness (QED) is 0.579. The lowest BCUT2D eigenvalue weighted by Crippen LogP contribution is -2.19. The van der Waals surface area contributed by atoms with Crippen LogP contribution in [0.25, 0.3) is 10.9 Å². The molecule has 1 aromatic carbocycles. The van der Waals surface area contributed by atoms with Crippen molar-refractivity contribution >= 4 is 22.3 Å². The molecule has 25 heavy (non-hydrogen) atoms. The summed E-state index contributed by atoms with van der Waals surface area (Å²) in [5.74, 6) is 0.574. The molecule has 1 atom stereocenters. The van der Waals surface area contributed by atoms with Gasteiger partial charge in [-0.05, 0) is 25.5 Å². The Hall–Kier alpha value is -3.29. The number of aromatic nitrogens is 3. The molecule has 0 aliphatic heterocycles. The van der Waals surface area contributed by atoms with Crippen molar-refractivity contribution in [3.05, 3.63) is 68.5 Å². The number of anilines is 1. The molecule has 0 radical (unpaired) electrons. The highest BCUT2D eigenvalue weighted by Crippen LogP contribution is 2.28. The molecule has 0 spiro atoms. The summed E-state index contributed by atoms with van der Waals surface area (Å²) in [6.07, 6.45) is 3.43. The van der Waals surface area contributed by atoms with Gasteiger partial charge in [0.05, 0.1) is 16.5 Å². The van der Waals surface area contributed by atoms with E-state index in [9.17, 15) is 14.9 Å². The fourth-order valence-corrected chi connectivity index (χ4v) is 2.61. The molecule has 2 heterocycles. The van der Waals surface area contributed by atoms with Gasteiger partial charge in [-0.1, -0.05) is 0 Å². The second-order valence-corrected chi connectivity index (χ2v) is 5.90. The second kappa shape index (κ2) is 6.31. The summed E-state index contributed by atoms with van der Waals surface area (Å²) in [4.78, 5) is 31.4. The molecule has 1 N–H and O–H groups in total. The maximum absolute atomic E-state index is 12.2. The summed E-state index contributed by atoms with van der Waals surface area (Å²) in [7, 11) is 1.63. The number of rotatable bonds is 4. The molecule has 0 fully saturated rings. The maximum Gasteiger partial charge on any atom is 0.270 e. The first-order valence-corrected chi connectivity index (χ1v) is 7.70. The van der Waals surface area contributed by atoms with Crippen molar-refractivity contribution in [2.45, 2.75) is 19.9 Å². The minimum Gasteiger partial charge on any atom is -0.375 e. The first-order valence-electron chi connectivity index (χ1n) is 7.70. The number of fused-ring (bicyclic) bond motifs is 1. The molecule has 8 heteroatoms. The first-order chi connectivity index (χ1) is 11.9. The lowest BCUT2D eigenvalue weighted by Gasteiger charge is -2.17. The molecule has 0 saturated carbocycles. The zero-order valence-corrected chi connectivity index (χ0v) is 14.1. The van der Waals surface area contributed by atoms with E-state index in [1.165, 1.54) is 22.8 Å². The number of hydrogen-bond donors (Lipinski definition) is 1. The van der Waals surface area contributed by atoms with E-state index in [2.05, 4.69) is 15.3 Å². The molecule has 0 saturated heterocycles. The molecule has 0 aliphatic carbocycles. The Kier molecular flexibility index (Phi) is 4.18. The van der Waals surface area contributed by atoms with Gasteiger partial charge in [0.1, 0.15) is 5.82 Å². The van der Waals surface area contributed by atoms with Crippen molar-refractivity contribution in [2.24, 2.45) is 7.05 Å². The van der Waals surface area contributed by atoms with E-state index in [-0.39, 0.29) is 17.3 Å². The molecular weight excluding hydrogens is 322 g/mol. The van der Waals surface area contributed by atoms with Gasteiger partial charge in [0.15, 0.2) is 0 Å². The Labute approximate surface area is 143 Å². The minimum atomic E-state index is -0.458. The highest BCUT2D eigenvalue weighted by molar-refractivity contribution is 5.93. The summed E-state index contributed by atoms with van der Waals surface area (Å²) in [6.45, 7) is 3.76. The molecule has 3 aromatic rings. The van der Waals surface area contributed by atoms with E-state index in [4.69, 9.17) is 0 Å². The van der Waals surface area contributed by atoms with Crippen LogP contribution in [0.4, 0.5) is 11.4 Å². The lowest BCUT2D eigenvalue weighted by molar-refractivity contribution is -0.384. The monoisotopic (exact) mass is 339 g/mol. The summed E-state index contributed by atoms with van der Waals surface area (Å²) in [6, 6.07) is 5.58. The standard InChI is InChI=1S/C17H17N5O3/c1-10-8-18-17(19-9-10)11(2)20-14-7-16(23)21(3)15-5-4-12(22(24)25)6-13(14)15/h4-9,11,20H,1-3H3. The fraction of sp³-hybridized carbons (Fsp3) is 0.235. The first kappa shape index (κ1) is 16.6. The molecule has 2 aromatic heterocycles. The average molecular weight is 339 g/mol. The SMILES string of the molecule is Cc1cnc(C(C)Nc2cc(=O)n(C)c3ccc([N+](=O)[O-])cc23)nc1. The molecule has 128 valence electrons. The fourth-order valence-electron chi connectivity index (χ4n) is 2.61. The van der Waals surface area contributed by atoms with Gasteiger partial charge in [-0.15, -0.1) is 0 Å². The number of nitrogens with one attached hydrogen (secondary N) is 1. The number of pyridine rings is 1. The zero-order chi connectivity index (χ0) is 18.1. The third-order valence-electron chi connectivity index (χ3n) is 4.00. The highest BCUT2D eigenvalue weighted by atomic mass is 16.6. The van der Waals surface area contributed by atoms with E-state index >= 15 is 0 Å². The smallest absolute Gasteiger partial charge is 0.270 e. The van der Waals surface area contributed by atoms with E-state index in [0.717, 1.165) is 5.56 Å². The van der Waals surface area contributed by atoms with Crippen molar-refractivity contribution in [3.8, 4) is 0 Å². The van der Waals surface area contributed by atoms with Gasteiger partial charge < -0.3 is 9.88 Å². The molecular formula is C17H17N5O3. The van der Waals surface area contributed by atoms with E-state index < -0.39 is 4.92 Å². The van der Waals surface area contributed by atoms with Gasteiger partial charge in [-0.2, -0.15) is 0 Å². The normalized spacial score (nSPS) is 12.1. The van der Waals surface area contributed by atoms with Crippen LogP contribution in [-0.2, 0) is 7.05 Å². The number of non-ortho nitro benzene ring substituents is 1. The number of nitro groups is 1. The Morgan fingerprint density at radius 2 is 1.92 bits per heavy atom. The van der Waals surface area contributed by atoms with Crippen LogP contribution >= 0.6 is 0 Å². The molecule has 0 aliphatic rings. The lowest BCUT2D eigenvalue weighted by atomic mass is 10.1. The summed E-state index contributed by atoms with van der Waals surface area (Å²) in [5, 5.41) is 14.9.